The standard InChI is InChI=1S/C18H22O4/c1-22-16(19)10-12-4-7-18(8-5-12)9-6-13-11-14(17(20)21)2-3-15(13)18/h2-3,11-12H,4-10H2,1H3,(H,20,21). The first-order chi connectivity index (χ1) is 10.5. The van der Waals surface area contributed by atoms with Crippen LogP contribution < -0.4 is 0 Å². The van der Waals surface area contributed by atoms with Gasteiger partial charge in [0.05, 0.1) is 12.7 Å². The fraction of sp³-hybridized carbons (Fsp3) is 0.556. The highest BCUT2D eigenvalue weighted by Crippen LogP contribution is 2.50. The minimum absolute atomic E-state index is 0.112. The molecule has 0 bridgehead atoms. The van der Waals surface area contributed by atoms with E-state index in [1.54, 1.807) is 6.07 Å². The van der Waals surface area contributed by atoms with Gasteiger partial charge in [-0.2, -0.15) is 0 Å². The van der Waals surface area contributed by atoms with Gasteiger partial charge in [0.15, 0.2) is 0 Å². The molecule has 2 aliphatic carbocycles. The van der Waals surface area contributed by atoms with Crippen LogP contribution in [0.5, 0.6) is 0 Å². The largest absolute Gasteiger partial charge is 0.478 e. The van der Waals surface area contributed by atoms with Crippen molar-refractivity contribution in [3.8, 4) is 0 Å². The van der Waals surface area contributed by atoms with Gasteiger partial charge < -0.3 is 9.84 Å². The van der Waals surface area contributed by atoms with Crippen molar-refractivity contribution >= 4 is 11.9 Å². The van der Waals surface area contributed by atoms with Crippen LogP contribution in [0.3, 0.4) is 0 Å². The summed E-state index contributed by atoms with van der Waals surface area (Å²) < 4.78 is 4.77. The number of carboxylic acid groups (broad SMARTS) is 1. The van der Waals surface area contributed by atoms with Crippen LogP contribution in [0, 0.1) is 5.92 Å². The van der Waals surface area contributed by atoms with Gasteiger partial charge in [-0.15, -0.1) is 0 Å². The molecule has 0 unspecified atom stereocenters. The summed E-state index contributed by atoms with van der Waals surface area (Å²) in [5, 5.41) is 9.12. The predicted molar refractivity (Wildman–Crippen MR) is 82.0 cm³/mol. The first-order valence-corrected chi connectivity index (χ1v) is 7.97. The summed E-state index contributed by atoms with van der Waals surface area (Å²) in [7, 11) is 1.44. The third kappa shape index (κ3) is 2.62. The molecule has 0 atom stereocenters. The fourth-order valence-corrected chi connectivity index (χ4v) is 4.23. The van der Waals surface area contributed by atoms with Crippen molar-refractivity contribution < 1.29 is 19.4 Å². The Bertz CT molecular complexity index is 597. The molecular formula is C18H22O4. The topological polar surface area (TPSA) is 63.6 Å². The molecule has 0 saturated heterocycles. The number of aryl methyl sites for hydroxylation is 1. The third-order valence-corrected chi connectivity index (χ3v) is 5.54. The second kappa shape index (κ2) is 5.75. The zero-order valence-corrected chi connectivity index (χ0v) is 12.9. The quantitative estimate of drug-likeness (QED) is 0.870. The van der Waals surface area contributed by atoms with E-state index in [-0.39, 0.29) is 11.4 Å². The number of aromatic carboxylic acids is 1. The maximum atomic E-state index is 11.4. The monoisotopic (exact) mass is 302 g/mol. The van der Waals surface area contributed by atoms with Crippen LogP contribution in [0.15, 0.2) is 18.2 Å². The van der Waals surface area contributed by atoms with Gasteiger partial charge in [0, 0.05) is 6.42 Å². The molecule has 0 heterocycles. The Morgan fingerprint density at radius 1 is 1.27 bits per heavy atom. The van der Waals surface area contributed by atoms with Crippen molar-refractivity contribution in [1.29, 1.82) is 0 Å². The van der Waals surface area contributed by atoms with E-state index in [0.717, 1.165) is 38.5 Å². The molecule has 2 aliphatic rings. The SMILES string of the molecule is COC(=O)CC1CCC2(CCc3cc(C(=O)O)ccc32)CC1. The molecular weight excluding hydrogens is 280 g/mol. The molecule has 1 aromatic rings. The Kier molecular flexibility index (Phi) is 3.94. The van der Waals surface area contributed by atoms with E-state index in [1.165, 1.54) is 18.2 Å². The molecule has 118 valence electrons. The summed E-state index contributed by atoms with van der Waals surface area (Å²) >= 11 is 0. The van der Waals surface area contributed by atoms with Crippen molar-refractivity contribution in [3.05, 3.63) is 34.9 Å². The van der Waals surface area contributed by atoms with E-state index in [0.29, 0.717) is 17.9 Å². The van der Waals surface area contributed by atoms with Crippen LogP contribution in [-0.2, 0) is 21.4 Å². The number of methoxy groups -OCH3 is 1. The molecule has 4 heteroatoms. The van der Waals surface area contributed by atoms with Gasteiger partial charge in [0.25, 0.3) is 0 Å². The summed E-state index contributed by atoms with van der Waals surface area (Å²) in [6.07, 6.45) is 6.89. The lowest BCUT2D eigenvalue weighted by molar-refractivity contribution is -0.142. The average Bonchev–Trinajstić information content (AvgIpc) is 2.88. The molecule has 0 aromatic heterocycles. The molecule has 0 aliphatic heterocycles. The molecule has 3 rings (SSSR count). The molecule has 0 radical (unpaired) electrons. The Balaban J connectivity index is 1.74. The highest BCUT2D eigenvalue weighted by molar-refractivity contribution is 5.88. The van der Waals surface area contributed by atoms with Gasteiger partial charge >= 0.3 is 11.9 Å². The van der Waals surface area contributed by atoms with Crippen molar-refractivity contribution in [1.82, 2.24) is 0 Å². The molecule has 1 N–H and O–H groups in total. The molecule has 1 fully saturated rings. The fourth-order valence-electron chi connectivity index (χ4n) is 4.23. The van der Waals surface area contributed by atoms with Gasteiger partial charge in [0.1, 0.15) is 0 Å². The molecule has 4 nitrogen and oxygen atoms in total. The van der Waals surface area contributed by atoms with E-state index >= 15 is 0 Å². The number of benzene rings is 1. The van der Waals surface area contributed by atoms with Crippen LogP contribution in [-0.4, -0.2) is 24.2 Å². The number of carbonyl (C=O) groups is 2. The number of esters is 1. The number of hydrogen-bond acceptors (Lipinski definition) is 3. The summed E-state index contributed by atoms with van der Waals surface area (Å²) in [5.74, 6) is -0.537. The van der Waals surface area contributed by atoms with Crippen LogP contribution in [0.1, 0.15) is 60.0 Å². The Hall–Kier alpha value is -1.84. The lowest BCUT2D eigenvalue weighted by Gasteiger charge is -2.38. The number of ether oxygens (including phenoxy) is 1. The normalized spacial score (nSPS) is 26.7. The number of hydrogen-bond donors (Lipinski definition) is 1. The van der Waals surface area contributed by atoms with Crippen molar-refractivity contribution in [2.24, 2.45) is 5.92 Å². The summed E-state index contributed by atoms with van der Waals surface area (Å²) in [4.78, 5) is 22.5. The first-order valence-electron chi connectivity index (χ1n) is 7.97. The molecule has 0 amide bonds. The average molecular weight is 302 g/mol. The summed E-state index contributed by atoms with van der Waals surface area (Å²) in [5.41, 5.74) is 3.13. The number of carboxylic acids is 1. The van der Waals surface area contributed by atoms with Gasteiger partial charge in [0.2, 0.25) is 0 Å². The highest BCUT2D eigenvalue weighted by Gasteiger charge is 2.41. The predicted octanol–water partition coefficient (Wildman–Crippen LogP) is 3.32. The second-order valence-electron chi connectivity index (χ2n) is 6.68. The van der Waals surface area contributed by atoms with E-state index < -0.39 is 5.97 Å². The molecule has 1 aromatic carbocycles. The van der Waals surface area contributed by atoms with Crippen molar-refractivity contribution in [2.45, 2.75) is 50.4 Å². The van der Waals surface area contributed by atoms with Crippen LogP contribution in [0.25, 0.3) is 0 Å². The molecule has 22 heavy (non-hydrogen) atoms. The first kappa shape index (κ1) is 15.1. The Morgan fingerprint density at radius 3 is 2.64 bits per heavy atom. The van der Waals surface area contributed by atoms with Crippen LogP contribution in [0.4, 0.5) is 0 Å². The van der Waals surface area contributed by atoms with E-state index in [9.17, 15) is 9.59 Å². The minimum Gasteiger partial charge on any atom is -0.478 e. The van der Waals surface area contributed by atoms with Gasteiger partial charge in [-0.05, 0) is 73.1 Å². The van der Waals surface area contributed by atoms with Gasteiger partial charge in [-0.1, -0.05) is 6.07 Å². The zero-order chi connectivity index (χ0) is 15.7. The Labute approximate surface area is 130 Å². The number of fused-ring (bicyclic) bond motifs is 2. The third-order valence-electron chi connectivity index (χ3n) is 5.54. The smallest absolute Gasteiger partial charge is 0.335 e. The maximum absolute atomic E-state index is 11.4. The maximum Gasteiger partial charge on any atom is 0.335 e. The van der Waals surface area contributed by atoms with Crippen molar-refractivity contribution in [2.75, 3.05) is 7.11 Å². The number of carbonyl (C=O) groups excluding carboxylic acids is 1. The number of rotatable bonds is 3. The molecule has 1 spiro atoms. The Morgan fingerprint density at radius 2 is 2.00 bits per heavy atom. The zero-order valence-electron chi connectivity index (χ0n) is 12.9. The molecule has 1 saturated carbocycles. The highest BCUT2D eigenvalue weighted by atomic mass is 16.5. The van der Waals surface area contributed by atoms with Gasteiger partial charge in [-0.25, -0.2) is 4.79 Å². The lowest BCUT2D eigenvalue weighted by Crippen LogP contribution is -2.30. The van der Waals surface area contributed by atoms with Gasteiger partial charge in [-0.3, -0.25) is 4.79 Å². The van der Waals surface area contributed by atoms with Crippen LogP contribution in [0.2, 0.25) is 0 Å². The van der Waals surface area contributed by atoms with E-state index in [2.05, 4.69) is 0 Å². The second-order valence-corrected chi connectivity index (χ2v) is 6.68. The van der Waals surface area contributed by atoms with E-state index in [4.69, 9.17) is 9.84 Å². The minimum atomic E-state index is -0.856. The summed E-state index contributed by atoms with van der Waals surface area (Å²) in [6, 6.07) is 5.59. The lowest BCUT2D eigenvalue weighted by atomic mass is 9.67. The van der Waals surface area contributed by atoms with Crippen molar-refractivity contribution in [3.63, 3.8) is 0 Å². The van der Waals surface area contributed by atoms with Crippen LogP contribution >= 0.6 is 0 Å². The van der Waals surface area contributed by atoms with E-state index in [1.807, 2.05) is 12.1 Å². The summed E-state index contributed by atoms with van der Waals surface area (Å²) in [6.45, 7) is 0.